The van der Waals surface area contributed by atoms with Gasteiger partial charge in [0.1, 0.15) is 6.04 Å². The number of urea groups is 1. The van der Waals surface area contributed by atoms with E-state index >= 15 is 0 Å². The molecular weight excluding hydrogens is 280 g/mol. The maximum absolute atomic E-state index is 11.6. The van der Waals surface area contributed by atoms with Crippen LogP contribution < -0.4 is 10.6 Å². The third-order valence-electron chi connectivity index (χ3n) is 2.48. The molecule has 0 saturated heterocycles. The van der Waals surface area contributed by atoms with Gasteiger partial charge in [0.2, 0.25) is 0 Å². The van der Waals surface area contributed by atoms with E-state index in [4.69, 9.17) is 5.11 Å². The summed E-state index contributed by atoms with van der Waals surface area (Å²) in [5, 5.41) is 14.0. The Kier molecular flexibility index (Phi) is 6.78. The predicted octanol–water partition coefficient (Wildman–Crippen LogP) is 0.791. The lowest BCUT2D eigenvalue weighted by Gasteiger charge is -2.14. The molecule has 7 nitrogen and oxygen atoms in total. The van der Waals surface area contributed by atoms with E-state index in [2.05, 4.69) is 20.6 Å². The third kappa shape index (κ3) is 5.87. The summed E-state index contributed by atoms with van der Waals surface area (Å²) in [7, 11) is 0. The zero-order valence-electron chi connectivity index (χ0n) is 11.4. The van der Waals surface area contributed by atoms with E-state index in [1.807, 2.05) is 13.2 Å². The summed E-state index contributed by atoms with van der Waals surface area (Å²) in [5.74, 6) is -0.370. The standard InChI is InChI=1S/C12H18N4O3S/c1-8-5-14-9(6-13-8)7-15-12(19)16-10(11(17)18)3-4-20-2/h5-6,10H,3-4,7H2,1-2H3,(H,17,18)(H2,15,16,19). The maximum atomic E-state index is 11.6. The van der Waals surface area contributed by atoms with Crippen LogP contribution in [0.5, 0.6) is 0 Å². The minimum atomic E-state index is -1.04. The van der Waals surface area contributed by atoms with Gasteiger partial charge in [-0.15, -0.1) is 0 Å². The number of nitrogens with zero attached hydrogens (tertiary/aromatic N) is 2. The highest BCUT2D eigenvalue weighted by molar-refractivity contribution is 7.98. The van der Waals surface area contributed by atoms with Gasteiger partial charge in [-0.25, -0.2) is 9.59 Å². The van der Waals surface area contributed by atoms with Crippen molar-refractivity contribution in [2.24, 2.45) is 0 Å². The molecule has 3 N–H and O–H groups in total. The van der Waals surface area contributed by atoms with Crippen molar-refractivity contribution in [1.29, 1.82) is 0 Å². The van der Waals surface area contributed by atoms with Crippen molar-refractivity contribution in [3.05, 3.63) is 23.8 Å². The number of thioether (sulfide) groups is 1. The van der Waals surface area contributed by atoms with Crippen LogP contribution >= 0.6 is 11.8 Å². The number of carbonyl (C=O) groups excluding carboxylic acids is 1. The van der Waals surface area contributed by atoms with Crippen molar-refractivity contribution in [3.63, 3.8) is 0 Å². The van der Waals surface area contributed by atoms with Gasteiger partial charge < -0.3 is 15.7 Å². The summed E-state index contributed by atoms with van der Waals surface area (Å²) < 4.78 is 0. The Morgan fingerprint density at radius 1 is 1.40 bits per heavy atom. The van der Waals surface area contributed by atoms with Crippen LogP contribution in [0.1, 0.15) is 17.8 Å². The summed E-state index contributed by atoms with van der Waals surface area (Å²) in [6, 6.07) is -1.41. The molecule has 0 bridgehead atoms. The van der Waals surface area contributed by atoms with Crippen molar-refractivity contribution in [2.75, 3.05) is 12.0 Å². The first-order valence-corrected chi connectivity index (χ1v) is 7.46. The van der Waals surface area contributed by atoms with Crippen LogP contribution in [-0.2, 0) is 11.3 Å². The minimum absolute atomic E-state index is 0.202. The van der Waals surface area contributed by atoms with Gasteiger partial charge in [0, 0.05) is 6.20 Å². The van der Waals surface area contributed by atoms with E-state index < -0.39 is 18.0 Å². The number of rotatable bonds is 7. The summed E-state index contributed by atoms with van der Waals surface area (Å²) in [6.45, 7) is 2.02. The van der Waals surface area contributed by atoms with Gasteiger partial charge in [-0.2, -0.15) is 11.8 Å². The number of carboxylic acid groups (broad SMARTS) is 1. The molecule has 8 heteroatoms. The zero-order chi connectivity index (χ0) is 15.0. The molecule has 1 atom stereocenters. The average Bonchev–Trinajstić information content (AvgIpc) is 2.42. The molecule has 0 spiro atoms. The monoisotopic (exact) mass is 298 g/mol. The second-order valence-electron chi connectivity index (χ2n) is 4.15. The van der Waals surface area contributed by atoms with Crippen molar-refractivity contribution < 1.29 is 14.7 Å². The lowest BCUT2D eigenvalue weighted by Crippen LogP contribution is -2.46. The number of aryl methyl sites for hydroxylation is 1. The maximum Gasteiger partial charge on any atom is 0.326 e. The Hall–Kier alpha value is -1.83. The van der Waals surface area contributed by atoms with Crippen LogP contribution in [0.4, 0.5) is 4.79 Å². The van der Waals surface area contributed by atoms with Crippen LogP contribution in [0, 0.1) is 6.92 Å². The Bertz CT molecular complexity index is 453. The molecule has 0 aromatic carbocycles. The van der Waals surface area contributed by atoms with Gasteiger partial charge in [0.15, 0.2) is 0 Å². The number of nitrogens with one attached hydrogen (secondary N) is 2. The zero-order valence-corrected chi connectivity index (χ0v) is 12.2. The van der Waals surface area contributed by atoms with Crippen molar-refractivity contribution in [1.82, 2.24) is 20.6 Å². The lowest BCUT2D eigenvalue weighted by atomic mass is 10.2. The second-order valence-corrected chi connectivity index (χ2v) is 5.13. The van der Waals surface area contributed by atoms with Gasteiger partial charge in [-0.3, -0.25) is 9.97 Å². The fourth-order valence-electron chi connectivity index (χ4n) is 1.38. The van der Waals surface area contributed by atoms with Crippen molar-refractivity contribution in [3.8, 4) is 0 Å². The predicted molar refractivity (Wildman–Crippen MR) is 76.6 cm³/mol. The highest BCUT2D eigenvalue weighted by atomic mass is 32.2. The van der Waals surface area contributed by atoms with Crippen molar-refractivity contribution >= 4 is 23.8 Å². The molecule has 1 heterocycles. The largest absolute Gasteiger partial charge is 0.480 e. The number of amides is 2. The van der Waals surface area contributed by atoms with E-state index in [0.29, 0.717) is 17.9 Å². The van der Waals surface area contributed by atoms with Crippen molar-refractivity contribution in [2.45, 2.75) is 25.9 Å². The topological polar surface area (TPSA) is 104 Å². The number of hydrogen-bond acceptors (Lipinski definition) is 5. The number of hydrogen-bond donors (Lipinski definition) is 3. The van der Waals surface area contributed by atoms with Gasteiger partial charge in [0.25, 0.3) is 0 Å². The molecule has 0 saturated carbocycles. The summed E-state index contributed by atoms with van der Waals surface area (Å²) >= 11 is 1.53. The molecule has 110 valence electrons. The van der Waals surface area contributed by atoms with E-state index in [1.165, 1.54) is 11.8 Å². The van der Waals surface area contributed by atoms with Gasteiger partial charge in [0.05, 0.1) is 24.1 Å². The normalized spacial score (nSPS) is 11.7. The average molecular weight is 298 g/mol. The van der Waals surface area contributed by atoms with E-state index in [9.17, 15) is 9.59 Å². The Morgan fingerprint density at radius 3 is 2.70 bits per heavy atom. The molecular formula is C12H18N4O3S. The SMILES string of the molecule is CSCCC(NC(=O)NCc1cnc(C)cn1)C(=O)O. The number of aromatic nitrogens is 2. The molecule has 1 unspecified atom stereocenters. The number of aliphatic carboxylic acids is 1. The Balaban J connectivity index is 2.41. The number of carboxylic acids is 1. The second kappa shape index (κ2) is 8.36. The first-order chi connectivity index (χ1) is 9.52. The van der Waals surface area contributed by atoms with Crippen LogP contribution in [0.15, 0.2) is 12.4 Å². The molecule has 0 aliphatic rings. The number of carbonyl (C=O) groups is 2. The first-order valence-electron chi connectivity index (χ1n) is 6.06. The molecule has 20 heavy (non-hydrogen) atoms. The molecule has 1 aromatic heterocycles. The summed E-state index contributed by atoms with van der Waals surface area (Å²) in [4.78, 5) is 30.7. The van der Waals surface area contributed by atoms with E-state index in [1.54, 1.807) is 12.4 Å². The fourth-order valence-corrected chi connectivity index (χ4v) is 1.86. The highest BCUT2D eigenvalue weighted by Gasteiger charge is 2.19. The first kappa shape index (κ1) is 16.2. The summed E-state index contributed by atoms with van der Waals surface area (Å²) in [6.07, 6.45) is 5.44. The molecule has 0 aliphatic carbocycles. The molecule has 0 radical (unpaired) electrons. The molecule has 2 amide bonds. The fraction of sp³-hybridized carbons (Fsp3) is 0.500. The van der Waals surface area contributed by atoms with E-state index in [0.717, 1.165) is 5.69 Å². The Labute approximate surface area is 121 Å². The molecule has 1 rings (SSSR count). The van der Waals surface area contributed by atoms with Gasteiger partial charge in [-0.05, 0) is 25.4 Å². The van der Waals surface area contributed by atoms with Crippen LogP contribution in [0.2, 0.25) is 0 Å². The van der Waals surface area contributed by atoms with E-state index in [-0.39, 0.29) is 6.54 Å². The van der Waals surface area contributed by atoms with Crippen LogP contribution in [0.25, 0.3) is 0 Å². The smallest absolute Gasteiger partial charge is 0.326 e. The third-order valence-corrected chi connectivity index (χ3v) is 3.12. The summed E-state index contributed by atoms with van der Waals surface area (Å²) in [5.41, 5.74) is 1.41. The quantitative estimate of drug-likeness (QED) is 0.687. The minimum Gasteiger partial charge on any atom is -0.480 e. The molecule has 0 aliphatic heterocycles. The Morgan fingerprint density at radius 2 is 2.15 bits per heavy atom. The van der Waals surface area contributed by atoms with Crippen LogP contribution in [-0.4, -0.2) is 45.1 Å². The van der Waals surface area contributed by atoms with Crippen LogP contribution in [0.3, 0.4) is 0 Å². The van der Waals surface area contributed by atoms with Gasteiger partial charge >= 0.3 is 12.0 Å². The highest BCUT2D eigenvalue weighted by Crippen LogP contribution is 2.01. The lowest BCUT2D eigenvalue weighted by molar-refractivity contribution is -0.139. The molecule has 0 fully saturated rings. The van der Waals surface area contributed by atoms with Gasteiger partial charge in [-0.1, -0.05) is 0 Å². The molecule has 1 aromatic rings.